The standard InChI is InChI=1S/C17H22N2O/c1-13(2)20-16-9-6-14(7-10-16)17(18)11-8-15-5-3-4-12-19-15/h3-7,9-10,12-13,17H,8,11,18H2,1-2H3. The molecular formula is C17H22N2O. The van der Waals surface area contributed by atoms with Gasteiger partial charge in [-0.2, -0.15) is 0 Å². The Bertz CT molecular complexity index is 508. The largest absolute Gasteiger partial charge is 0.491 e. The van der Waals surface area contributed by atoms with E-state index >= 15 is 0 Å². The molecule has 106 valence electrons. The minimum absolute atomic E-state index is 0.0325. The van der Waals surface area contributed by atoms with Crippen molar-refractivity contribution in [2.24, 2.45) is 5.73 Å². The van der Waals surface area contributed by atoms with Crippen LogP contribution in [-0.2, 0) is 6.42 Å². The number of hydrogen-bond acceptors (Lipinski definition) is 3. The highest BCUT2D eigenvalue weighted by atomic mass is 16.5. The van der Waals surface area contributed by atoms with E-state index in [-0.39, 0.29) is 12.1 Å². The van der Waals surface area contributed by atoms with Crippen molar-refractivity contribution in [3.8, 4) is 5.75 Å². The van der Waals surface area contributed by atoms with Crippen LogP contribution >= 0.6 is 0 Å². The molecule has 0 bridgehead atoms. The number of hydrogen-bond donors (Lipinski definition) is 1. The van der Waals surface area contributed by atoms with Crippen LogP contribution in [0, 0.1) is 0 Å². The second kappa shape index (κ2) is 7.06. The number of nitrogens with two attached hydrogens (primary N) is 1. The zero-order valence-corrected chi connectivity index (χ0v) is 12.1. The Labute approximate surface area is 120 Å². The summed E-state index contributed by atoms with van der Waals surface area (Å²) in [4.78, 5) is 4.32. The second-order valence-electron chi connectivity index (χ2n) is 5.20. The Morgan fingerprint density at radius 2 is 1.85 bits per heavy atom. The lowest BCUT2D eigenvalue weighted by atomic mass is 10.0. The molecule has 0 aliphatic rings. The molecule has 0 fully saturated rings. The Morgan fingerprint density at radius 1 is 1.10 bits per heavy atom. The fraction of sp³-hybridized carbons (Fsp3) is 0.353. The summed E-state index contributed by atoms with van der Waals surface area (Å²) in [6.07, 6.45) is 3.80. The van der Waals surface area contributed by atoms with Gasteiger partial charge in [0.15, 0.2) is 0 Å². The SMILES string of the molecule is CC(C)Oc1ccc(C(N)CCc2ccccn2)cc1. The first-order valence-corrected chi connectivity index (χ1v) is 7.07. The van der Waals surface area contributed by atoms with Gasteiger partial charge in [-0.05, 0) is 56.5 Å². The van der Waals surface area contributed by atoms with E-state index in [4.69, 9.17) is 10.5 Å². The summed E-state index contributed by atoms with van der Waals surface area (Å²) < 4.78 is 5.63. The average molecular weight is 270 g/mol. The highest BCUT2D eigenvalue weighted by molar-refractivity contribution is 5.29. The van der Waals surface area contributed by atoms with Gasteiger partial charge in [-0.3, -0.25) is 4.98 Å². The van der Waals surface area contributed by atoms with Gasteiger partial charge in [0.05, 0.1) is 6.10 Å². The average Bonchev–Trinajstić information content (AvgIpc) is 2.46. The molecule has 0 saturated heterocycles. The lowest BCUT2D eigenvalue weighted by Gasteiger charge is -2.14. The topological polar surface area (TPSA) is 48.1 Å². The van der Waals surface area contributed by atoms with E-state index in [1.165, 1.54) is 0 Å². The smallest absolute Gasteiger partial charge is 0.119 e. The number of ether oxygens (including phenoxy) is 1. The number of nitrogens with zero attached hydrogens (tertiary/aromatic N) is 1. The van der Waals surface area contributed by atoms with Gasteiger partial charge in [-0.25, -0.2) is 0 Å². The normalized spacial score (nSPS) is 12.4. The van der Waals surface area contributed by atoms with Crippen molar-refractivity contribution in [3.63, 3.8) is 0 Å². The molecule has 3 nitrogen and oxygen atoms in total. The van der Waals surface area contributed by atoms with E-state index in [9.17, 15) is 0 Å². The van der Waals surface area contributed by atoms with Gasteiger partial charge in [-0.1, -0.05) is 18.2 Å². The summed E-state index contributed by atoms with van der Waals surface area (Å²) in [5.74, 6) is 0.890. The van der Waals surface area contributed by atoms with E-state index in [1.807, 2.05) is 62.5 Å². The van der Waals surface area contributed by atoms with E-state index in [0.717, 1.165) is 29.8 Å². The van der Waals surface area contributed by atoms with Crippen molar-refractivity contribution in [3.05, 3.63) is 59.9 Å². The predicted octanol–water partition coefficient (Wildman–Crippen LogP) is 3.50. The molecule has 3 heteroatoms. The van der Waals surface area contributed by atoms with Crippen LogP contribution in [-0.4, -0.2) is 11.1 Å². The molecule has 1 atom stereocenters. The molecule has 20 heavy (non-hydrogen) atoms. The van der Waals surface area contributed by atoms with E-state index in [0.29, 0.717) is 0 Å². The summed E-state index contributed by atoms with van der Waals surface area (Å²) in [6.45, 7) is 4.04. The number of benzene rings is 1. The molecule has 0 amide bonds. The van der Waals surface area contributed by atoms with Crippen molar-refractivity contribution in [2.45, 2.75) is 38.8 Å². The first-order chi connectivity index (χ1) is 9.65. The molecular weight excluding hydrogens is 248 g/mol. The summed E-state index contributed by atoms with van der Waals surface area (Å²) in [5, 5.41) is 0. The molecule has 0 aliphatic heterocycles. The zero-order valence-electron chi connectivity index (χ0n) is 12.1. The van der Waals surface area contributed by atoms with Crippen LogP contribution in [0.3, 0.4) is 0 Å². The maximum Gasteiger partial charge on any atom is 0.119 e. The molecule has 2 aromatic rings. The minimum Gasteiger partial charge on any atom is -0.491 e. The Kier molecular flexibility index (Phi) is 5.13. The molecule has 0 aliphatic carbocycles. The third-order valence-corrected chi connectivity index (χ3v) is 3.12. The molecule has 1 aromatic heterocycles. The van der Waals surface area contributed by atoms with Gasteiger partial charge >= 0.3 is 0 Å². The van der Waals surface area contributed by atoms with E-state index in [2.05, 4.69) is 4.98 Å². The molecule has 2 N–H and O–H groups in total. The van der Waals surface area contributed by atoms with Crippen LogP contribution < -0.4 is 10.5 Å². The minimum atomic E-state index is 0.0325. The van der Waals surface area contributed by atoms with Crippen molar-refractivity contribution < 1.29 is 4.74 Å². The molecule has 1 aromatic carbocycles. The fourth-order valence-corrected chi connectivity index (χ4v) is 2.08. The van der Waals surface area contributed by atoms with Gasteiger partial charge in [0.25, 0.3) is 0 Å². The second-order valence-corrected chi connectivity index (χ2v) is 5.20. The summed E-state index contributed by atoms with van der Waals surface area (Å²) in [6, 6.07) is 14.0. The Hall–Kier alpha value is -1.87. The zero-order chi connectivity index (χ0) is 14.4. The molecule has 2 rings (SSSR count). The molecule has 1 heterocycles. The van der Waals surface area contributed by atoms with Gasteiger partial charge in [0.1, 0.15) is 5.75 Å². The fourth-order valence-electron chi connectivity index (χ4n) is 2.08. The summed E-state index contributed by atoms with van der Waals surface area (Å²) in [5.41, 5.74) is 8.45. The van der Waals surface area contributed by atoms with Crippen molar-refractivity contribution in [2.75, 3.05) is 0 Å². The van der Waals surface area contributed by atoms with Crippen LogP contribution in [0.2, 0.25) is 0 Å². The molecule has 1 unspecified atom stereocenters. The quantitative estimate of drug-likeness (QED) is 0.874. The Morgan fingerprint density at radius 3 is 2.45 bits per heavy atom. The van der Waals surface area contributed by atoms with Crippen molar-refractivity contribution in [1.82, 2.24) is 4.98 Å². The van der Waals surface area contributed by atoms with Gasteiger partial charge < -0.3 is 10.5 Å². The monoisotopic (exact) mass is 270 g/mol. The number of aryl methyl sites for hydroxylation is 1. The van der Waals surface area contributed by atoms with E-state index in [1.54, 1.807) is 0 Å². The lowest BCUT2D eigenvalue weighted by Crippen LogP contribution is -2.12. The highest BCUT2D eigenvalue weighted by Crippen LogP contribution is 2.20. The van der Waals surface area contributed by atoms with Crippen LogP contribution in [0.25, 0.3) is 0 Å². The van der Waals surface area contributed by atoms with Crippen LogP contribution in [0.1, 0.15) is 37.6 Å². The van der Waals surface area contributed by atoms with Crippen molar-refractivity contribution in [1.29, 1.82) is 0 Å². The first-order valence-electron chi connectivity index (χ1n) is 7.07. The summed E-state index contributed by atoms with van der Waals surface area (Å²) >= 11 is 0. The maximum absolute atomic E-state index is 6.23. The van der Waals surface area contributed by atoms with Crippen LogP contribution in [0.15, 0.2) is 48.7 Å². The van der Waals surface area contributed by atoms with Crippen molar-refractivity contribution >= 4 is 0 Å². The third kappa shape index (κ3) is 4.35. The number of rotatable bonds is 6. The first kappa shape index (κ1) is 14.5. The predicted molar refractivity (Wildman–Crippen MR) is 81.7 cm³/mol. The van der Waals surface area contributed by atoms with Gasteiger partial charge in [0.2, 0.25) is 0 Å². The maximum atomic E-state index is 6.23. The lowest BCUT2D eigenvalue weighted by molar-refractivity contribution is 0.242. The molecule has 0 radical (unpaired) electrons. The number of aromatic nitrogens is 1. The van der Waals surface area contributed by atoms with E-state index < -0.39 is 0 Å². The van der Waals surface area contributed by atoms with Gasteiger partial charge in [0, 0.05) is 17.9 Å². The van der Waals surface area contributed by atoms with Crippen LogP contribution in [0.4, 0.5) is 0 Å². The summed E-state index contributed by atoms with van der Waals surface area (Å²) in [7, 11) is 0. The molecule has 0 spiro atoms. The van der Waals surface area contributed by atoms with Crippen LogP contribution in [0.5, 0.6) is 5.75 Å². The Balaban J connectivity index is 1.90. The molecule has 0 saturated carbocycles. The highest BCUT2D eigenvalue weighted by Gasteiger charge is 2.07. The van der Waals surface area contributed by atoms with Gasteiger partial charge in [-0.15, -0.1) is 0 Å². The number of pyridine rings is 1. The third-order valence-electron chi connectivity index (χ3n) is 3.12.